The minimum atomic E-state index is 0.436. The molecule has 5 heteroatoms. The zero-order chi connectivity index (χ0) is 14.5. The summed E-state index contributed by atoms with van der Waals surface area (Å²) in [6, 6.07) is 14.6. The first kappa shape index (κ1) is 14.4. The SMILES string of the molecule is C/C(=N/Nc1cccc(Cl)c1Cl)c1ccc(C#N)cc1. The highest BCUT2D eigenvalue weighted by Gasteiger charge is 2.03. The lowest BCUT2D eigenvalue weighted by atomic mass is 10.1. The van der Waals surface area contributed by atoms with Gasteiger partial charge in [-0.05, 0) is 36.8 Å². The second-order valence-electron chi connectivity index (χ2n) is 4.10. The highest BCUT2D eigenvalue weighted by molar-refractivity contribution is 6.43. The summed E-state index contributed by atoms with van der Waals surface area (Å²) in [4.78, 5) is 0. The molecule has 1 N–H and O–H groups in total. The van der Waals surface area contributed by atoms with Crippen molar-refractivity contribution in [2.24, 2.45) is 5.10 Å². The standard InChI is InChI=1S/C15H11Cl2N3/c1-10(12-7-5-11(9-18)6-8-12)19-20-14-4-2-3-13(16)15(14)17/h2-8,20H,1H3/b19-10-. The maximum absolute atomic E-state index is 8.76. The van der Waals surface area contributed by atoms with Crippen molar-refractivity contribution in [3.63, 3.8) is 0 Å². The van der Waals surface area contributed by atoms with Gasteiger partial charge in [0.2, 0.25) is 0 Å². The fourth-order valence-electron chi connectivity index (χ4n) is 1.58. The molecule has 0 heterocycles. The average Bonchev–Trinajstić information content (AvgIpc) is 2.48. The van der Waals surface area contributed by atoms with Crippen LogP contribution in [0.4, 0.5) is 5.69 Å². The van der Waals surface area contributed by atoms with E-state index in [1.54, 1.807) is 30.3 Å². The Kier molecular flexibility index (Phi) is 4.62. The second kappa shape index (κ2) is 6.42. The number of nitrogens with one attached hydrogen (secondary N) is 1. The second-order valence-corrected chi connectivity index (χ2v) is 4.88. The van der Waals surface area contributed by atoms with Crippen LogP contribution < -0.4 is 5.43 Å². The Balaban J connectivity index is 2.18. The van der Waals surface area contributed by atoms with Crippen LogP contribution >= 0.6 is 23.2 Å². The Morgan fingerprint density at radius 3 is 2.50 bits per heavy atom. The van der Waals surface area contributed by atoms with E-state index in [4.69, 9.17) is 28.5 Å². The molecule has 20 heavy (non-hydrogen) atoms. The summed E-state index contributed by atoms with van der Waals surface area (Å²) in [5, 5.41) is 13.9. The highest BCUT2D eigenvalue weighted by atomic mass is 35.5. The Hall–Kier alpha value is -2.02. The van der Waals surface area contributed by atoms with Gasteiger partial charge < -0.3 is 0 Å². The van der Waals surface area contributed by atoms with E-state index in [9.17, 15) is 0 Å². The number of hydrazone groups is 1. The Morgan fingerprint density at radius 1 is 1.15 bits per heavy atom. The van der Waals surface area contributed by atoms with Gasteiger partial charge in [-0.2, -0.15) is 10.4 Å². The number of halogens is 2. The number of nitrogens with zero attached hydrogens (tertiary/aromatic N) is 2. The molecule has 0 amide bonds. The molecular weight excluding hydrogens is 293 g/mol. The van der Waals surface area contributed by atoms with E-state index in [-0.39, 0.29) is 0 Å². The van der Waals surface area contributed by atoms with E-state index in [0.717, 1.165) is 11.3 Å². The minimum Gasteiger partial charge on any atom is -0.277 e. The van der Waals surface area contributed by atoms with Crippen molar-refractivity contribution in [3.8, 4) is 6.07 Å². The van der Waals surface area contributed by atoms with Crippen LogP contribution in [0, 0.1) is 11.3 Å². The third-order valence-electron chi connectivity index (χ3n) is 2.73. The first-order valence-electron chi connectivity index (χ1n) is 5.86. The van der Waals surface area contributed by atoms with Crippen molar-refractivity contribution < 1.29 is 0 Å². The topological polar surface area (TPSA) is 48.2 Å². The third-order valence-corrected chi connectivity index (χ3v) is 3.55. The summed E-state index contributed by atoms with van der Waals surface area (Å²) in [5.41, 5.74) is 5.86. The summed E-state index contributed by atoms with van der Waals surface area (Å²) in [6.07, 6.45) is 0. The van der Waals surface area contributed by atoms with Gasteiger partial charge in [0.15, 0.2) is 0 Å². The molecule has 0 aliphatic rings. The summed E-state index contributed by atoms with van der Waals surface area (Å²) in [6.45, 7) is 1.87. The molecule has 0 radical (unpaired) electrons. The number of rotatable bonds is 3. The number of benzene rings is 2. The third kappa shape index (κ3) is 3.30. The molecule has 2 rings (SSSR count). The number of nitriles is 1. The lowest BCUT2D eigenvalue weighted by Gasteiger charge is -2.06. The molecule has 0 aliphatic heterocycles. The van der Waals surface area contributed by atoms with Crippen molar-refractivity contribution in [1.29, 1.82) is 5.26 Å². The van der Waals surface area contributed by atoms with E-state index in [2.05, 4.69) is 16.6 Å². The number of anilines is 1. The zero-order valence-electron chi connectivity index (χ0n) is 10.7. The predicted octanol–water partition coefficient (Wildman–Crippen LogP) is 4.70. The first-order valence-corrected chi connectivity index (χ1v) is 6.62. The van der Waals surface area contributed by atoms with Gasteiger partial charge in [-0.3, -0.25) is 5.43 Å². The van der Waals surface area contributed by atoms with Gasteiger partial charge >= 0.3 is 0 Å². The Bertz CT molecular complexity index is 685. The molecule has 0 fully saturated rings. The van der Waals surface area contributed by atoms with Crippen LogP contribution in [0.5, 0.6) is 0 Å². The molecule has 0 aliphatic carbocycles. The van der Waals surface area contributed by atoms with Crippen LogP contribution in [0.15, 0.2) is 47.6 Å². The molecule has 2 aromatic carbocycles. The van der Waals surface area contributed by atoms with Crippen LogP contribution in [0.25, 0.3) is 0 Å². The fourth-order valence-corrected chi connectivity index (χ4v) is 1.93. The largest absolute Gasteiger partial charge is 0.277 e. The smallest absolute Gasteiger partial charge is 0.0991 e. The molecular formula is C15H11Cl2N3. The molecule has 0 aromatic heterocycles. The van der Waals surface area contributed by atoms with Crippen LogP contribution in [0.2, 0.25) is 10.0 Å². The summed E-state index contributed by atoms with van der Waals surface area (Å²) in [7, 11) is 0. The molecule has 0 spiro atoms. The predicted molar refractivity (Wildman–Crippen MR) is 83.5 cm³/mol. The van der Waals surface area contributed by atoms with E-state index < -0.39 is 0 Å². The maximum atomic E-state index is 8.76. The quantitative estimate of drug-likeness (QED) is 0.660. The van der Waals surface area contributed by atoms with Gasteiger partial charge in [-0.25, -0.2) is 0 Å². The molecule has 0 atom stereocenters. The van der Waals surface area contributed by atoms with Crippen LogP contribution in [-0.4, -0.2) is 5.71 Å². The van der Waals surface area contributed by atoms with Crippen molar-refractivity contribution >= 4 is 34.6 Å². The fraction of sp³-hybridized carbons (Fsp3) is 0.0667. The summed E-state index contributed by atoms with van der Waals surface area (Å²) >= 11 is 12.0. The van der Waals surface area contributed by atoms with E-state index in [0.29, 0.717) is 21.3 Å². The van der Waals surface area contributed by atoms with Crippen molar-refractivity contribution in [3.05, 3.63) is 63.6 Å². The van der Waals surface area contributed by atoms with Crippen LogP contribution in [0.3, 0.4) is 0 Å². The van der Waals surface area contributed by atoms with Crippen molar-refractivity contribution in [2.75, 3.05) is 5.43 Å². The Morgan fingerprint density at radius 2 is 1.85 bits per heavy atom. The minimum absolute atomic E-state index is 0.436. The summed E-state index contributed by atoms with van der Waals surface area (Å²) < 4.78 is 0. The summed E-state index contributed by atoms with van der Waals surface area (Å²) in [5.74, 6) is 0. The molecule has 0 unspecified atom stereocenters. The first-order chi connectivity index (χ1) is 9.61. The van der Waals surface area contributed by atoms with Crippen molar-refractivity contribution in [1.82, 2.24) is 0 Å². The zero-order valence-corrected chi connectivity index (χ0v) is 12.2. The van der Waals surface area contributed by atoms with Gasteiger partial charge in [0.05, 0.1) is 33.1 Å². The number of hydrogen-bond acceptors (Lipinski definition) is 3. The van der Waals surface area contributed by atoms with E-state index in [1.807, 2.05) is 19.1 Å². The average molecular weight is 304 g/mol. The van der Waals surface area contributed by atoms with Gasteiger partial charge in [0.25, 0.3) is 0 Å². The van der Waals surface area contributed by atoms with Gasteiger partial charge in [-0.15, -0.1) is 0 Å². The normalized spacial score (nSPS) is 11.0. The van der Waals surface area contributed by atoms with E-state index >= 15 is 0 Å². The molecule has 0 saturated carbocycles. The van der Waals surface area contributed by atoms with Crippen molar-refractivity contribution in [2.45, 2.75) is 6.92 Å². The number of hydrogen-bond donors (Lipinski definition) is 1. The lowest BCUT2D eigenvalue weighted by molar-refractivity contribution is 1.32. The highest BCUT2D eigenvalue weighted by Crippen LogP contribution is 2.29. The van der Waals surface area contributed by atoms with E-state index in [1.165, 1.54) is 0 Å². The molecule has 3 nitrogen and oxygen atoms in total. The van der Waals surface area contributed by atoms with Gasteiger partial charge in [0, 0.05) is 0 Å². The Labute approximate surface area is 127 Å². The van der Waals surface area contributed by atoms with Gasteiger partial charge in [0.1, 0.15) is 0 Å². The molecule has 0 saturated heterocycles. The molecule has 2 aromatic rings. The maximum Gasteiger partial charge on any atom is 0.0991 e. The monoisotopic (exact) mass is 303 g/mol. The molecule has 100 valence electrons. The van der Waals surface area contributed by atoms with Gasteiger partial charge in [-0.1, -0.05) is 41.4 Å². The molecule has 0 bridgehead atoms. The lowest BCUT2D eigenvalue weighted by Crippen LogP contribution is -2.00. The van der Waals surface area contributed by atoms with Crippen LogP contribution in [0.1, 0.15) is 18.1 Å². The van der Waals surface area contributed by atoms with Crippen LogP contribution in [-0.2, 0) is 0 Å².